The summed E-state index contributed by atoms with van der Waals surface area (Å²) in [5.74, 6) is 0. The van der Waals surface area contributed by atoms with Crippen molar-refractivity contribution in [2.24, 2.45) is 10.1 Å². The largest absolute Gasteiger partial charge is 0.378 e. The Morgan fingerprint density at radius 2 is 1.91 bits per heavy atom. The Morgan fingerprint density at radius 1 is 1.26 bits per heavy atom. The van der Waals surface area contributed by atoms with Gasteiger partial charge in [-0.2, -0.15) is 0 Å². The van der Waals surface area contributed by atoms with E-state index in [0.29, 0.717) is 5.71 Å². The summed E-state index contributed by atoms with van der Waals surface area (Å²) in [6, 6.07) is 8.05. The van der Waals surface area contributed by atoms with E-state index in [-0.39, 0.29) is 9.47 Å². The van der Waals surface area contributed by atoms with Gasteiger partial charge in [0, 0.05) is 25.5 Å². The van der Waals surface area contributed by atoms with Gasteiger partial charge >= 0.3 is 0 Å². The molecule has 0 aliphatic rings. The monoisotopic (exact) mass is 351 g/mol. The standard InChI is InChI=1S/C14H17N5O2S2/c1-10(16-13-17-18-14(22-13)23(15,20)21)4-5-11-6-8-12(9-7-11)19(2)3/h4-9H,1-3H3,(H2,15,20,21)/b5-4+,16-10+. The molecule has 0 aliphatic carbocycles. The lowest BCUT2D eigenvalue weighted by atomic mass is 10.1. The first-order valence-electron chi connectivity index (χ1n) is 6.63. The lowest BCUT2D eigenvalue weighted by Gasteiger charge is -2.11. The van der Waals surface area contributed by atoms with Crippen molar-refractivity contribution >= 4 is 44.0 Å². The number of hydrogen-bond donors (Lipinski definition) is 1. The predicted molar refractivity (Wildman–Crippen MR) is 93.9 cm³/mol. The molecule has 0 fully saturated rings. The number of nitrogens with two attached hydrogens (primary N) is 1. The molecule has 9 heteroatoms. The van der Waals surface area contributed by atoms with Gasteiger partial charge in [-0.1, -0.05) is 29.5 Å². The summed E-state index contributed by atoms with van der Waals surface area (Å²) in [7, 11) is 0.141. The number of benzene rings is 1. The van der Waals surface area contributed by atoms with E-state index in [1.807, 2.05) is 55.4 Å². The number of hydrogen-bond acceptors (Lipinski definition) is 7. The molecule has 7 nitrogen and oxygen atoms in total. The molecule has 0 saturated heterocycles. The second-order valence-corrected chi connectivity index (χ2v) is 7.66. The zero-order chi connectivity index (χ0) is 17.0. The Balaban J connectivity index is 2.11. The molecule has 0 spiro atoms. The Bertz CT molecular complexity index is 836. The van der Waals surface area contributed by atoms with E-state index >= 15 is 0 Å². The van der Waals surface area contributed by atoms with Crippen LogP contribution in [0.15, 0.2) is 39.7 Å². The van der Waals surface area contributed by atoms with Crippen molar-refractivity contribution in [1.29, 1.82) is 0 Å². The fraction of sp³-hybridized carbons (Fsp3) is 0.214. The van der Waals surface area contributed by atoms with Gasteiger partial charge in [0.25, 0.3) is 10.0 Å². The molecule has 122 valence electrons. The molecule has 1 heterocycles. The highest BCUT2D eigenvalue weighted by Crippen LogP contribution is 2.21. The predicted octanol–water partition coefficient (Wildman–Crippen LogP) is 2.06. The summed E-state index contributed by atoms with van der Waals surface area (Å²) in [5.41, 5.74) is 2.84. The zero-order valence-corrected chi connectivity index (χ0v) is 14.6. The van der Waals surface area contributed by atoms with Crippen molar-refractivity contribution in [3.8, 4) is 0 Å². The molecule has 1 aromatic carbocycles. The van der Waals surface area contributed by atoms with E-state index < -0.39 is 10.0 Å². The fourth-order valence-corrected chi connectivity index (χ4v) is 3.00. The Hall–Kier alpha value is -2.10. The minimum Gasteiger partial charge on any atom is -0.378 e. The third kappa shape index (κ3) is 4.95. The van der Waals surface area contributed by atoms with Crippen LogP contribution in [-0.4, -0.2) is 38.4 Å². The van der Waals surface area contributed by atoms with Crippen molar-refractivity contribution < 1.29 is 8.42 Å². The highest BCUT2D eigenvalue weighted by molar-refractivity contribution is 7.91. The lowest BCUT2D eigenvalue weighted by Crippen LogP contribution is -2.11. The normalized spacial score (nSPS) is 12.8. The molecule has 0 aliphatic heterocycles. The van der Waals surface area contributed by atoms with Crippen LogP contribution in [-0.2, 0) is 10.0 Å². The zero-order valence-electron chi connectivity index (χ0n) is 13.0. The molecule has 0 unspecified atom stereocenters. The number of sulfonamides is 1. The number of anilines is 1. The summed E-state index contributed by atoms with van der Waals surface area (Å²) >= 11 is 0.833. The van der Waals surface area contributed by atoms with E-state index in [1.165, 1.54) is 0 Å². The Morgan fingerprint density at radius 3 is 2.43 bits per heavy atom. The van der Waals surface area contributed by atoms with Crippen LogP contribution in [0.5, 0.6) is 0 Å². The molecular formula is C14H17N5O2S2. The fourth-order valence-electron chi connectivity index (χ4n) is 1.65. The first-order chi connectivity index (χ1) is 10.8. The van der Waals surface area contributed by atoms with Crippen LogP contribution in [0.25, 0.3) is 6.08 Å². The van der Waals surface area contributed by atoms with Crippen LogP contribution in [0.4, 0.5) is 10.8 Å². The van der Waals surface area contributed by atoms with Crippen LogP contribution in [0.1, 0.15) is 12.5 Å². The molecule has 0 radical (unpaired) electrons. The number of nitrogens with zero attached hydrogens (tertiary/aromatic N) is 4. The average molecular weight is 351 g/mol. The SMILES string of the molecule is CC(/C=C/c1ccc(N(C)C)cc1)=N\c1nnc(S(N)(=O)=O)s1. The van der Waals surface area contributed by atoms with Crippen LogP contribution < -0.4 is 10.0 Å². The summed E-state index contributed by atoms with van der Waals surface area (Å²) in [6.45, 7) is 1.79. The highest BCUT2D eigenvalue weighted by Gasteiger charge is 2.14. The molecule has 0 saturated carbocycles. The molecule has 2 aromatic rings. The molecule has 1 aromatic heterocycles. The van der Waals surface area contributed by atoms with E-state index in [0.717, 1.165) is 22.6 Å². The van der Waals surface area contributed by atoms with Crippen molar-refractivity contribution in [1.82, 2.24) is 10.2 Å². The summed E-state index contributed by atoms with van der Waals surface area (Å²) in [4.78, 5) is 6.23. The first-order valence-corrected chi connectivity index (χ1v) is 8.99. The average Bonchev–Trinajstić information content (AvgIpc) is 2.94. The molecule has 23 heavy (non-hydrogen) atoms. The van der Waals surface area contributed by atoms with Crippen molar-refractivity contribution in [3.05, 3.63) is 35.9 Å². The maximum absolute atomic E-state index is 11.1. The van der Waals surface area contributed by atoms with E-state index in [1.54, 1.807) is 6.92 Å². The second-order valence-electron chi connectivity index (χ2n) is 4.97. The Kier molecular flexibility index (Phi) is 5.24. The number of aliphatic imine (C=N–C) groups is 1. The van der Waals surface area contributed by atoms with Crippen LogP contribution in [0, 0.1) is 0 Å². The van der Waals surface area contributed by atoms with Gasteiger partial charge in [-0.05, 0) is 30.7 Å². The maximum atomic E-state index is 11.1. The minimum absolute atomic E-state index is 0.243. The van der Waals surface area contributed by atoms with Gasteiger partial charge in [-0.3, -0.25) is 0 Å². The first kappa shape index (κ1) is 17.3. The van der Waals surface area contributed by atoms with E-state index in [9.17, 15) is 8.42 Å². The summed E-state index contributed by atoms with van der Waals surface area (Å²) in [6.07, 6.45) is 3.74. The van der Waals surface area contributed by atoms with Gasteiger partial charge in [0.05, 0.1) is 0 Å². The van der Waals surface area contributed by atoms with E-state index in [4.69, 9.17) is 5.14 Å². The third-order valence-electron chi connectivity index (χ3n) is 2.84. The van der Waals surface area contributed by atoms with Crippen molar-refractivity contribution in [3.63, 3.8) is 0 Å². The number of allylic oxidation sites excluding steroid dienone is 1. The molecule has 2 rings (SSSR count). The lowest BCUT2D eigenvalue weighted by molar-refractivity contribution is 0.596. The quantitative estimate of drug-likeness (QED) is 0.831. The van der Waals surface area contributed by atoms with Gasteiger partial charge in [0.2, 0.25) is 9.47 Å². The van der Waals surface area contributed by atoms with Crippen molar-refractivity contribution in [2.75, 3.05) is 19.0 Å². The number of primary sulfonamides is 1. The topological polar surface area (TPSA) is 102 Å². The van der Waals surface area contributed by atoms with E-state index in [2.05, 4.69) is 15.2 Å². The Labute approximate surface area is 139 Å². The molecular weight excluding hydrogens is 334 g/mol. The molecule has 0 atom stereocenters. The molecule has 0 amide bonds. The maximum Gasteiger partial charge on any atom is 0.267 e. The number of rotatable bonds is 5. The van der Waals surface area contributed by atoms with Crippen LogP contribution >= 0.6 is 11.3 Å². The number of aromatic nitrogens is 2. The third-order valence-corrected chi connectivity index (χ3v) is 4.96. The highest BCUT2D eigenvalue weighted by atomic mass is 32.2. The van der Waals surface area contributed by atoms with Crippen LogP contribution in [0.2, 0.25) is 0 Å². The van der Waals surface area contributed by atoms with Gasteiger partial charge < -0.3 is 4.90 Å². The summed E-state index contributed by atoms with van der Waals surface area (Å²) < 4.78 is 22.0. The van der Waals surface area contributed by atoms with Crippen LogP contribution in [0.3, 0.4) is 0 Å². The molecule has 0 bridgehead atoms. The van der Waals surface area contributed by atoms with Gasteiger partial charge in [0.1, 0.15) is 0 Å². The van der Waals surface area contributed by atoms with Gasteiger partial charge in [-0.25, -0.2) is 18.5 Å². The van der Waals surface area contributed by atoms with Crippen molar-refractivity contribution in [2.45, 2.75) is 11.3 Å². The summed E-state index contributed by atoms with van der Waals surface area (Å²) in [5, 5.41) is 12.4. The molecule has 2 N–H and O–H groups in total. The van der Waals surface area contributed by atoms with Gasteiger partial charge in [0.15, 0.2) is 0 Å². The smallest absolute Gasteiger partial charge is 0.267 e. The van der Waals surface area contributed by atoms with Gasteiger partial charge in [-0.15, -0.1) is 10.2 Å². The minimum atomic E-state index is -3.83. The second kappa shape index (κ2) is 6.99.